The molecule has 1 aliphatic heterocycles. The van der Waals surface area contributed by atoms with Gasteiger partial charge in [0.1, 0.15) is 11.6 Å². The molecule has 1 N–H and O–H groups in total. The topological polar surface area (TPSA) is 29.1 Å². The maximum Gasteiger partial charge on any atom is 0.144 e. The standard InChI is InChI=1S/C17H24FNO/c1-3-7-17(8-4-9-19-12-17)16(20)11-14-5-6-15(18)10-13(14)2/h5-6,10,19H,3-4,7-9,11-12H2,1-2H3. The van der Waals surface area contributed by atoms with E-state index in [4.69, 9.17) is 0 Å². The van der Waals surface area contributed by atoms with E-state index in [9.17, 15) is 9.18 Å². The van der Waals surface area contributed by atoms with Gasteiger partial charge in [-0.05, 0) is 56.0 Å². The molecule has 1 aromatic carbocycles. The van der Waals surface area contributed by atoms with Gasteiger partial charge in [-0.15, -0.1) is 0 Å². The molecule has 1 atom stereocenters. The molecule has 3 heteroatoms. The zero-order valence-electron chi connectivity index (χ0n) is 12.5. The lowest BCUT2D eigenvalue weighted by Crippen LogP contribution is -2.46. The molecule has 1 fully saturated rings. The van der Waals surface area contributed by atoms with E-state index in [1.807, 2.05) is 6.92 Å². The van der Waals surface area contributed by atoms with Crippen LogP contribution in [0.5, 0.6) is 0 Å². The predicted octanol–water partition coefficient (Wildman–Crippen LogP) is 3.42. The molecule has 20 heavy (non-hydrogen) atoms. The highest BCUT2D eigenvalue weighted by atomic mass is 19.1. The van der Waals surface area contributed by atoms with Crippen LogP contribution in [0.25, 0.3) is 0 Å². The summed E-state index contributed by atoms with van der Waals surface area (Å²) in [4.78, 5) is 12.8. The lowest BCUT2D eigenvalue weighted by Gasteiger charge is -2.36. The Morgan fingerprint density at radius 1 is 1.45 bits per heavy atom. The predicted molar refractivity (Wildman–Crippen MR) is 79.3 cm³/mol. The number of ketones is 1. The van der Waals surface area contributed by atoms with Gasteiger partial charge < -0.3 is 5.32 Å². The normalized spacial score (nSPS) is 22.8. The first kappa shape index (κ1) is 15.2. The van der Waals surface area contributed by atoms with Gasteiger partial charge in [-0.1, -0.05) is 19.4 Å². The molecule has 1 aromatic rings. The van der Waals surface area contributed by atoms with Crippen LogP contribution in [0, 0.1) is 18.2 Å². The zero-order valence-corrected chi connectivity index (χ0v) is 12.5. The largest absolute Gasteiger partial charge is 0.316 e. The van der Waals surface area contributed by atoms with Gasteiger partial charge in [0.2, 0.25) is 0 Å². The Morgan fingerprint density at radius 2 is 2.25 bits per heavy atom. The van der Waals surface area contributed by atoms with Crippen LogP contribution in [0.4, 0.5) is 4.39 Å². The average Bonchev–Trinajstić information content (AvgIpc) is 2.43. The number of carbonyl (C=O) groups is 1. The number of hydrogen-bond donors (Lipinski definition) is 1. The molecule has 1 aliphatic rings. The van der Waals surface area contributed by atoms with Crippen molar-refractivity contribution in [3.63, 3.8) is 0 Å². The Bertz CT molecular complexity index is 472. The number of carbonyl (C=O) groups excluding carboxylic acids is 1. The second-order valence-electron chi connectivity index (χ2n) is 5.98. The minimum atomic E-state index is -0.235. The molecule has 1 saturated heterocycles. The first-order valence-electron chi connectivity index (χ1n) is 7.56. The Kier molecular flexibility index (Phi) is 4.92. The summed E-state index contributed by atoms with van der Waals surface area (Å²) in [5, 5.41) is 3.37. The molecule has 110 valence electrons. The van der Waals surface area contributed by atoms with Crippen molar-refractivity contribution in [1.82, 2.24) is 5.32 Å². The summed E-state index contributed by atoms with van der Waals surface area (Å²) in [5.41, 5.74) is 1.61. The quantitative estimate of drug-likeness (QED) is 0.893. The van der Waals surface area contributed by atoms with Crippen molar-refractivity contribution >= 4 is 5.78 Å². The molecule has 0 bridgehead atoms. The van der Waals surface area contributed by atoms with E-state index in [-0.39, 0.29) is 11.2 Å². The highest BCUT2D eigenvalue weighted by Crippen LogP contribution is 2.34. The summed E-state index contributed by atoms with van der Waals surface area (Å²) >= 11 is 0. The molecule has 1 heterocycles. The van der Waals surface area contributed by atoms with Crippen LogP contribution < -0.4 is 5.32 Å². The molecule has 1 unspecified atom stereocenters. The van der Waals surface area contributed by atoms with Crippen molar-refractivity contribution < 1.29 is 9.18 Å². The van der Waals surface area contributed by atoms with E-state index in [0.717, 1.165) is 49.9 Å². The Hall–Kier alpha value is -1.22. The van der Waals surface area contributed by atoms with Gasteiger partial charge in [-0.2, -0.15) is 0 Å². The van der Waals surface area contributed by atoms with Gasteiger partial charge in [0.15, 0.2) is 0 Å². The van der Waals surface area contributed by atoms with Crippen molar-refractivity contribution in [2.75, 3.05) is 13.1 Å². The Balaban J connectivity index is 2.15. The molecular formula is C17H24FNO. The molecule has 2 nitrogen and oxygen atoms in total. The maximum absolute atomic E-state index is 13.1. The van der Waals surface area contributed by atoms with Crippen LogP contribution in [-0.4, -0.2) is 18.9 Å². The minimum Gasteiger partial charge on any atom is -0.316 e. The number of Topliss-reactive ketones (excluding diaryl/α,β-unsaturated/α-hetero) is 1. The number of nitrogens with one attached hydrogen (secondary N) is 1. The summed E-state index contributed by atoms with van der Waals surface area (Å²) < 4.78 is 13.1. The van der Waals surface area contributed by atoms with E-state index in [0.29, 0.717) is 12.2 Å². The summed E-state index contributed by atoms with van der Waals surface area (Å²) in [6.45, 7) is 5.80. The molecule has 0 saturated carbocycles. The monoisotopic (exact) mass is 277 g/mol. The summed E-state index contributed by atoms with van der Waals surface area (Å²) in [6.07, 6.45) is 4.43. The van der Waals surface area contributed by atoms with Crippen molar-refractivity contribution in [2.45, 2.75) is 46.0 Å². The van der Waals surface area contributed by atoms with E-state index in [1.54, 1.807) is 6.07 Å². The fourth-order valence-corrected chi connectivity index (χ4v) is 3.26. The molecule has 0 amide bonds. The van der Waals surface area contributed by atoms with Gasteiger partial charge in [0, 0.05) is 18.4 Å². The van der Waals surface area contributed by atoms with Crippen LogP contribution in [0.15, 0.2) is 18.2 Å². The fourth-order valence-electron chi connectivity index (χ4n) is 3.26. The minimum absolute atomic E-state index is 0.214. The number of aryl methyl sites for hydroxylation is 1. The lowest BCUT2D eigenvalue weighted by molar-refractivity contribution is -0.129. The molecule has 0 radical (unpaired) electrons. The molecule has 0 aliphatic carbocycles. The number of hydrogen-bond acceptors (Lipinski definition) is 2. The summed E-state index contributed by atoms with van der Waals surface area (Å²) in [6, 6.07) is 4.70. The van der Waals surface area contributed by atoms with Crippen LogP contribution >= 0.6 is 0 Å². The Morgan fingerprint density at radius 3 is 2.85 bits per heavy atom. The van der Waals surface area contributed by atoms with Crippen LogP contribution in [0.1, 0.15) is 43.7 Å². The van der Waals surface area contributed by atoms with Crippen molar-refractivity contribution in [1.29, 1.82) is 0 Å². The van der Waals surface area contributed by atoms with Gasteiger partial charge in [-0.25, -0.2) is 4.39 Å². The number of rotatable bonds is 5. The number of piperidine rings is 1. The highest BCUT2D eigenvalue weighted by Gasteiger charge is 2.38. The molecule has 0 spiro atoms. The average molecular weight is 277 g/mol. The lowest BCUT2D eigenvalue weighted by atomic mass is 9.72. The molecule has 0 aromatic heterocycles. The van der Waals surface area contributed by atoms with Gasteiger partial charge >= 0.3 is 0 Å². The smallest absolute Gasteiger partial charge is 0.144 e. The third kappa shape index (κ3) is 3.26. The van der Waals surface area contributed by atoms with Crippen LogP contribution in [0.3, 0.4) is 0 Å². The third-order valence-electron chi connectivity index (χ3n) is 4.45. The number of benzene rings is 1. The molecular weight excluding hydrogens is 253 g/mol. The van der Waals surface area contributed by atoms with Crippen molar-refractivity contribution in [3.8, 4) is 0 Å². The van der Waals surface area contributed by atoms with Gasteiger partial charge in [0.05, 0.1) is 0 Å². The second kappa shape index (κ2) is 6.49. The van der Waals surface area contributed by atoms with E-state index < -0.39 is 0 Å². The Labute approximate surface area is 120 Å². The van der Waals surface area contributed by atoms with Crippen molar-refractivity contribution in [2.24, 2.45) is 5.41 Å². The van der Waals surface area contributed by atoms with E-state index in [1.165, 1.54) is 12.1 Å². The van der Waals surface area contributed by atoms with Crippen molar-refractivity contribution in [3.05, 3.63) is 35.1 Å². The SMILES string of the molecule is CCCC1(C(=O)Cc2ccc(F)cc2C)CCCNC1. The highest BCUT2D eigenvalue weighted by molar-refractivity contribution is 5.87. The third-order valence-corrected chi connectivity index (χ3v) is 4.45. The fraction of sp³-hybridized carbons (Fsp3) is 0.588. The van der Waals surface area contributed by atoms with Gasteiger partial charge in [0.25, 0.3) is 0 Å². The van der Waals surface area contributed by atoms with E-state index in [2.05, 4.69) is 12.2 Å². The first-order chi connectivity index (χ1) is 9.57. The summed E-state index contributed by atoms with van der Waals surface area (Å²) in [5.74, 6) is 0.0718. The number of halogens is 1. The van der Waals surface area contributed by atoms with E-state index >= 15 is 0 Å². The van der Waals surface area contributed by atoms with Crippen LogP contribution in [0.2, 0.25) is 0 Å². The maximum atomic E-state index is 13.1. The zero-order chi connectivity index (χ0) is 14.6. The first-order valence-corrected chi connectivity index (χ1v) is 7.56. The molecule has 2 rings (SSSR count). The summed E-state index contributed by atoms with van der Waals surface area (Å²) in [7, 11) is 0. The van der Waals surface area contributed by atoms with Crippen LogP contribution in [-0.2, 0) is 11.2 Å². The second-order valence-corrected chi connectivity index (χ2v) is 5.98. The van der Waals surface area contributed by atoms with Gasteiger partial charge in [-0.3, -0.25) is 4.79 Å².